The smallest absolute Gasteiger partial charge is 0.248 e. The van der Waals surface area contributed by atoms with Gasteiger partial charge in [-0.2, -0.15) is 0 Å². The molecule has 0 radical (unpaired) electrons. The van der Waals surface area contributed by atoms with Crippen molar-refractivity contribution in [3.63, 3.8) is 0 Å². The van der Waals surface area contributed by atoms with Crippen LogP contribution in [0, 0.1) is 5.92 Å². The molecule has 0 heterocycles. The Morgan fingerprint density at radius 2 is 2.00 bits per heavy atom. The Morgan fingerprint density at radius 1 is 1.31 bits per heavy atom. The van der Waals surface area contributed by atoms with Crippen LogP contribution in [0.5, 0.6) is 0 Å². The highest BCUT2D eigenvalue weighted by Crippen LogP contribution is 2.39. The van der Waals surface area contributed by atoms with Gasteiger partial charge in [0, 0.05) is 24.8 Å². The van der Waals surface area contributed by atoms with Crippen molar-refractivity contribution < 1.29 is 13.6 Å². The highest BCUT2D eigenvalue weighted by molar-refractivity contribution is 5.79. The molecule has 74 valence electrons. The molecule has 2 aliphatic rings. The Bertz CT molecular complexity index is 226. The number of nitrogens with one attached hydrogen (secondary N) is 1. The highest BCUT2D eigenvalue weighted by atomic mass is 19.3. The molecular weight excluding hydrogens is 176 g/mol. The molecule has 0 spiro atoms. The van der Waals surface area contributed by atoms with Crippen LogP contribution in [0.3, 0.4) is 0 Å². The normalized spacial score (nSPS) is 31.7. The van der Waals surface area contributed by atoms with Crippen LogP contribution in [0.1, 0.15) is 32.1 Å². The first-order valence-corrected chi connectivity index (χ1v) is 4.75. The van der Waals surface area contributed by atoms with E-state index >= 15 is 0 Å². The molecule has 2 nitrogen and oxygen atoms in total. The topological polar surface area (TPSA) is 29.1 Å². The quantitative estimate of drug-likeness (QED) is 0.703. The molecule has 2 saturated carbocycles. The SMILES string of the molecule is O=C(NC1CC1)C1CCC(F)(F)C1. The summed E-state index contributed by atoms with van der Waals surface area (Å²) in [6.45, 7) is 0. The van der Waals surface area contributed by atoms with E-state index in [2.05, 4.69) is 5.32 Å². The molecule has 0 saturated heterocycles. The van der Waals surface area contributed by atoms with Crippen molar-refractivity contribution in [2.75, 3.05) is 0 Å². The van der Waals surface area contributed by atoms with E-state index in [1.54, 1.807) is 0 Å². The highest BCUT2D eigenvalue weighted by Gasteiger charge is 2.43. The van der Waals surface area contributed by atoms with E-state index in [-0.39, 0.29) is 24.8 Å². The first kappa shape index (κ1) is 8.91. The lowest BCUT2D eigenvalue weighted by Gasteiger charge is -2.10. The van der Waals surface area contributed by atoms with Gasteiger partial charge in [-0.15, -0.1) is 0 Å². The molecule has 1 unspecified atom stereocenters. The zero-order valence-corrected chi connectivity index (χ0v) is 7.35. The molecule has 1 amide bonds. The van der Waals surface area contributed by atoms with Gasteiger partial charge in [0.2, 0.25) is 11.8 Å². The summed E-state index contributed by atoms with van der Waals surface area (Å²) in [5.74, 6) is -3.22. The number of hydrogen-bond acceptors (Lipinski definition) is 1. The Kier molecular flexibility index (Phi) is 2.00. The molecule has 0 aromatic heterocycles. The molecule has 2 fully saturated rings. The van der Waals surface area contributed by atoms with Crippen molar-refractivity contribution >= 4 is 5.91 Å². The summed E-state index contributed by atoms with van der Waals surface area (Å²) in [5.41, 5.74) is 0. The number of carbonyl (C=O) groups excluding carboxylic acids is 1. The number of alkyl halides is 2. The van der Waals surface area contributed by atoms with Crippen LogP contribution in [0.2, 0.25) is 0 Å². The molecule has 2 rings (SSSR count). The summed E-state index contributed by atoms with van der Waals surface area (Å²) in [6, 6.07) is 0.279. The van der Waals surface area contributed by atoms with E-state index in [1.807, 2.05) is 0 Å². The van der Waals surface area contributed by atoms with Gasteiger partial charge in [-0.25, -0.2) is 8.78 Å². The maximum absolute atomic E-state index is 12.7. The van der Waals surface area contributed by atoms with Crippen LogP contribution in [0.25, 0.3) is 0 Å². The van der Waals surface area contributed by atoms with Gasteiger partial charge in [-0.1, -0.05) is 0 Å². The van der Waals surface area contributed by atoms with Crippen LogP contribution in [-0.4, -0.2) is 17.9 Å². The van der Waals surface area contributed by atoms with Gasteiger partial charge in [0.15, 0.2) is 0 Å². The summed E-state index contributed by atoms with van der Waals surface area (Å²) in [4.78, 5) is 11.3. The van der Waals surface area contributed by atoms with Gasteiger partial charge in [-0.05, 0) is 19.3 Å². The van der Waals surface area contributed by atoms with Gasteiger partial charge in [0.1, 0.15) is 0 Å². The average molecular weight is 189 g/mol. The third-order valence-corrected chi connectivity index (χ3v) is 2.70. The summed E-state index contributed by atoms with van der Waals surface area (Å²) >= 11 is 0. The Morgan fingerprint density at radius 3 is 2.46 bits per heavy atom. The zero-order chi connectivity index (χ0) is 9.47. The second kappa shape index (κ2) is 2.93. The molecule has 4 heteroatoms. The zero-order valence-electron chi connectivity index (χ0n) is 7.35. The second-order valence-corrected chi connectivity index (χ2v) is 4.08. The van der Waals surface area contributed by atoms with Crippen molar-refractivity contribution in [3.05, 3.63) is 0 Å². The van der Waals surface area contributed by atoms with E-state index in [0.717, 1.165) is 12.8 Å². The third kappa shape index (κ3) is 2.17. The maximum Gasteiger partial charge on any atom is 0.248 e. The maximum atomic E-state index is 12.7. The fourth-order valence-corrected chi connectivity index (χ4v) is 1.72. The summed E-state index contributed by atoms with van der Waals surface area (Å²) in [6.07, 6.45) is 1.97. The number of carbonyl (C=O) groups is 1. The van der Waals surface area contributed by atoms with Crippen molar-refractivity contribution in [2.24, 2.45) is 5.92 Å². The van der Waals surface area contributed by atoms with Crippen molar-refractivity contribution in [1.29, 1.82) is 0 Å². The second-order valence-electron chi connectivity index (χ2n) is 4.08. The molecule has 0 aliphatic heterocycles. The predicted molar refractivity (Wildman–Crippen MR) is 43.5 cm³/mol. The molecule has 1 atom stereocenters. The van der Waals surface area contributed by atoms with Crippen LogP contribution in [0.4, 0.5) is 8.78 Å². The van der Waals surface area contributed by atoms with Gasteiger partial charge in [0.25, 0.3) is 0 Å². The third-order valence-electron chi connectivity index (χ3n) is 2.70. The Hall–Kier alpha value is -0.670. The lowest BCUT2D eigenvalue weighted by atomic mass is 10.1. The first-order chi connectivity index (χ1) is 6.07. The van der Waals surface area contributed by atoms with Crippen molar-refractivity contribution in [3.8, 4) is 0 Å². The van der Waals surface area contributed by atoms with E-state index in [9.17, 15) is 13.6 Å². The first-order valence-electron chi connectivity index (χ1n) is 4.75. The van der Waals surface area contributed by atoms with E-state index in [0.29, 0.717) is 6.42 Å². The van der Waals surface area contributed by atoms with E-state index < -0.39 is 11.8 Å². The van der Waals surface area contributed by atoms with Crippen LogP contribution in [-0.2, 0) is 4.79 Å². The van der Waals surface area contributed by atoms with Gasteiger partial charge in [-0.3, -0.25) is 4.79 Å². The van der Waals surface area contributed by atoms with E-state index in [1.165, 1.54) is 0 Å². The lowest BCUT2D eigenvalue weighted by molar-refractivity contribution is -0.125. The fourth-order valence-electron chi connectivity index (χ4n) is 1.72. The molecule has 13 heavy (non-hydrogen) atoms. The standard InChI is InChI=1S/C9H13F2NO/c10-9(11)4-3-6(5-9)8(13)12-7-1-2-7/h6-7H,1-5H2,(H,12,13). The average Bonchev–Trinajstić information content (AvgIpc) is 2.75. The summed E-state index contributed by atoms with van der Waals surface area (Å²) in [7, 11) is 0. The predicted octanol–water partition coefficient (Wildman–Crippen LogP) is 1.70. The molecule has 0 aromatic carbocycles. The van der Waals surface area contributed by atoms with E-state index in [4.69, 9.17) is 0 Å². The lowest BCUT2D eigenvalue weighted by Crippen LogP contribution is -2.31. The van der Waals surface area contributed by atoms with Crippen LogP contribution in [0.15, 0.2) is 0 Å². The van der Waals surface area contributed by atoms with Crippen molar-refractivity contribution in [1.82, 2.24) is 5.32 Å². The number of hydrogen-bond donors (Lipinski definition) is 1. The van der Waals surface area contributed by atoms with Gasteiger partial charge < -0.3 is 5.32 Å². The Labute approximate surface area is 75.7 Å². The molecule has 0 aromatic rings. The minimum atomic E-state index is -2.61. The monoisotopic (exact) mass is 189 g/mol. The van der Waals surface area contributed by atoms with Crippen molar-refractivity contribution in [2.45, 2.75) is 44.1 Å². The van der Waals surface area contributed by atoms with Crippen LogP contribution < -0.4 is 5.32 Å². The largest absolute Gasteiger partial charge is 0.353 e. The Balaban J connectivity index is 1.83. The van der Waals surface area contributed by atoms with Gasteiger partial charge in [0.05, 0.1) is 0 Å². The fraction of sp³-hybridized carbons (Fsp3) is 0.889. The molecule has 2 aliphatic carbocycles. The minimum absolute atomic E-state index is 0.129. The molecular formula is C9H13F2NO. The number of amides is 1. The summed E-state index contributed by atoms with van der Waals surface area (Å²) < 4.78 is 25.5. The minimum Gasteiger partial charge on any atom is -0.353 e. The van der Waals surface area contributed by atoms with Gasteiger partial charge >= 0.3 is 0 Å². The summed E-state index contributed by atoms with van der Waals surface area (Å²) in [5, 5.41) is 2.76. The van der Waals surface area contributed by atoms with Crippen LogP contribution >= 0.6 is 0 Å². The molecule has 1 N–H and O–H groups in total. The number of rotatable bonds is 2. The molecule has 0 bridgehead atoms. The number of halogens is 2.